The van der Waals surface area contributed by atoms with E-state index < -0.39 is 0 Å². The van der Waals surface area contributed by atoms with Crippen LogP contribution in [-0.2, 0) is 12.8 Å². The molecule has 2 aromatic carbocycles. The van der Waals surface area contributed by atoms with Gasteiger partial charge in [0.25, 0.3) is 0 Å². The Labute approximate surface area is 164 Å². The Morgan fingerprint density at radius 2 is 1.79 bits per heavy atom. The standard InChI is InChI=1S/C24H22FNO2/c1-2-18-3-11-22(26-17-18)15-16-28-23-12-4-19(5-13-23)6-14-24(27)20-7-9-21(25)10-8-20/h3-14,17H,2,15-16H2,1H3/b14-6+. The highest BCUT2D eigenvalue weighted by Crippen LogP contribution is 2.14. The maximum absolute atomic E-state index is 12.9. The zero-order valence-electron chi connectivity index (χ0n) is 15.8. The van der Waals surface area contributed by atoms with Crippen molar-refractivity contribution in [2.75, 3.05) is 6.61 Å². The fraction of sp³-hybridized carbons (Fsp3) is 0.167. The SMILES string of the molecule is CCc1ccc(CCOc2ccc(/C=C/C(=O)c3ccc(F)cc3)cc2)nc1. The van der Waals surface area contributed by atoms with Crippen molar-refractivity contribution in [3.63, 3.8) is 0 Å². The number of pyridine rings is 1. The van der Waals surface area contributed by atoms with E-state index in [4.69, 9.17) is 4.74 Å². The number of halogens is 1. The molecule has 0 saturated heterocycles. The number of aromatic nitrogens is 1. The quantitative estimate of drug-likeness (QED) is 0.396. The molecule has 0 unspecified atom stereocenters. The lowest BCUT2D eigenvalue weighted by molar-refractivity contribution is 0.104. The number of aryl methyl sites for hydroxylation is 1. The summed E-state index contributed by atoms with van der Waals surface area (Å²) in [4.78, 5) is 16.5. The summed E-state index contributed by atoms with van der Waals surface area (Å²) in [5.74, 6) is 0.249. The second-order valence-electron chi connectivity index (χ2n) is 6.38. The molecule has 0 N–H and O–H groups in total. The predicted molar refractivity (Wildman–Crippen MR) is 109 cm³/mol. The number of ether oxygens (including phenoxy) is 1. The smallest absolute Gasteiger partial charge is 0.185 e. The highest BCUT2D eigenvalue weighted by molar-refractivity contribution is 6.06. The number of allylic oxidation sites excluding steroid dienone is 1. The van der Waals surface area contributed by atoms with Crippen LogP contribution in [0.3, 0.4) is 0 Å². The zero-order chi connectivity index (χ0) is 19.8. The Morgan fingerprint density at radius 1 is 1.04 bits per heavy atom. The monoisotopic (exact) mass is 375 g/mol. The molecule has 0 bridgehead atoms. The molecule has 0 spiro atoms. The highest BCUT2D eigenvalue weighted by atomic mass is 19.1. The van der Waals surface area contributed by atoms with Crippen LogP contribution in [0.15, 0.2) is 72.9 Å². The van der Waals surface area contributed by atoms with E-state index in [0.717, 1.165) is 29.8 Å². The van der Waals surface area contributed by atoms with Gasteiger partial charge < -0.3 is 4.74 Å². The minimum Gasteiger partial charge on any atom is -0.493 e. The van der Waals surface area contributed by atoms with Crippen molar-refractivity contribution in [3.8, 4) is 5.75 Å². The summed E-state index contributed by atoms with van der Waals surface area (Å²) in [5.41, 5.74) is 3.58. The van der Waals surface area contributed by atoms with Gasteiger partial charge in [-0.15, -0.1) is 0 Å². The molecule has 3 aromatic rings. The fourth-order valence-electron chi connectivity index (χ4n) is 2.64. The van der Waals surface area contributed by atoms with Gasteiger partial charge in [0.15, 0.2) is 5.78 Å². The third kappa shape index (κ3) is 5.61. The lowest BCUT2D eigenvalue weighted by Gasteiger charge is -2.06. The van der Waals surface area contributed by atoms with Crippen molar-refractivity contribution in [2.45, 2.75) is 19.8 Å². The number of benzene rings is 2. The molecule has 1 heterocycles. The van der Waals surface area contributed by atoms with Crippen LogP contribution >= 0.6 is 0 Å². The van der Waals surface area contributed by atoms with Crippen LogP contribution in [0.1, 0.15) is 34.1 Å². The molecule has 0 aliphatic heterocycles. The predicted octanol–water partition coefficient (Wildman–Crippen LogP) is 5.30. The van der Waals surface area contributed by atoms with Crippen molar-refractivity contribution in [3.05, 3.63) is 101 Å². The molecule has 0 atom stereocenters. The molecule has 142 valence electrons. The first-order chi connectivity index (χ1) is 13.6. The summed E-state index contributed by atoms with van der Waals surface area (Å²) in [6.45, 7) is 2.66. The molecule has 0 aliphatic carbocycles. The Bertz CT molecular complexity index is 930. The number of ketones is 1. The summed E-state index contributed by atoms with van der Waals surface area (Å²) in [7, 11) is 0. The Balaban J connectivity index is 1.50. The molecule has 28 heavy (non-hydrogen) atoms. The van der Waals surface area contributed by atoms with Crippen LogP contribution in [0.2, 0.25) is 0 Å². The van der Waals surface area contributed by atoms with Crippen molar-refractivity contribution in [1.82, 2.24) is 4.98 Å². The van der Waals surface area contributed by atoms with Crippen LogP contribution in [-0.4, -0.2) is 17.4 Å². The number of hydrogen-bond acceptors (Lipinski definition) is 3. The maximum Gasteiger partial charge on any atom is 0.185 e. The number of nitrogens with zero attached hydrogens (tertiary/aromatic N) is 1. The third-order valence-electron chi connectivity index (χ3n) is 4.36. The topological polar surface area (TPSA) is 39.2 Å². The summed E-state index contributed by atoms with van der Waals surface area (Å²) >= 11 is 0. The molecular formula is C24H22FNO2. The minimum absolute atomic E-state index is 0.165. The molecule has 0 amide bonds. The van der Waals surface area contributed by atoms with Crippen molar-refractivity contribution >= 4 is 11.9 Å². The van der Waals surface area contributed by atoms with E-state index in [-0.39, 0.29) is 11.6 Å². The number of rotatable bonds is 8. The van der Waals surface area contributed by atoms with Crippen LogP contribution in [0.4, 0.5) is 4.39 Å². The van der Waals surface area contributed by atoms with E-state index in [9.17, 15) is 9.18 Å². The van der Waals surface area contributed by atoms with Gasteiger partial charge in [0.2, 0.25) is 0 Å². The van der Waals surface area contributed by atoms with E-state index in [1.165, 1.54) is 35.9 Å². The average molecular weight is 375 g/mol. The van der Waals surface area contributed by atoms with Crippen LogP contribution in [0, 0.1) is 5.82 Å². The third-order valence-corrected chi connectivity index (χ3v) is 4.36. The summed E-state index contributed by atoms with van der Waals surface area (Å²) < 4.78 is 18.7. The number of carbonyl (C=O) groups excluding carboxylic acids is 1. The van der Waals surface area contributed by atoms with Crippen molar-refractivity contribution in [2.24, 2.45) is 0 Å². The van der Waals surface area contributed by atoms with Crippen LogP contribution in [0.25, 0.3) is 6.08 Å². The molecule has 0 radical (unpaired) electrons. The average Bonchev–Trinajstić information content (AvgIpc) is 2.74. The van der Waals surface area contributed by atoms with Crippen LogP contribution < -0.4 is 4.74 Å². The minimum atomic E-state index is -0.357. The lowest BCUT2D eigenvalue weighted by Crippen LogP contribution is -2.03. The van der Waals surface area contributed by atoms with Gasteiger partial charge in [0.1, 0.15) is 11.6 Å². The van der Waals surface area contributed by atoms with Gasteiger partial charge in [-0.1, -0.05) is 31.2 Å². The molecule has 0 fully saturated rings. The summed E-state index contributed by atoms with van der Waals surface area (Å²) in [6, 6.07) is 17.2. The summed E-state index contributed by atoms with van der Waals surface area (Å²) in [5, 5.41) is 0. The van der Waals surface area contributed by atoms with E-state index in [1.807, 2.05) is 36.5 Å². The van der Waals surface area contributed by atoms with Gasteiger partial charge in [-0.25, -0.2) is 4.39 Å². The molecular weight excluding hydrogens is 353 g/mol. The fourth-order valence-corrected chi connectivity index (χ4v) is 2.64. The second-order valence-corrected chi connectivity index (χ2v) is 6.38. The normalized spacial score (nSPS) is 10.9. The Kier molecular flexibility index (Phi) is 6.68. The second kappa shape index (κ2) is 9.60. The first-order valence-corrected chi connectivity index (χ1v) is 9.28. The molecule has 1 aromatic heterocycles. The zero-order valence-corrected chi connectivity index (χ0v) is 15.8. The largest absolute Gasteiger partial charge is 0.493 e. The van der Waals surface area contributed by atoms with Gasteiger partial charge in [0.05, 0.1) is 6.61 Å². The molecule has 4 heteroatoms. The van der Waals surface area contributed by atoms with Gasteiger partial charge in [-0.3, -0.25) is 9.78 Å². The number of hydrogen-bond donors (Lipinski definition) is 0. The molecule has 3 rings (SSSR count). The van der Waals surface area contributed by atoms with Gasteiger partial charge in [-0.05, 0) is 66.1 Å². The first-order valence-electron chi connectivity index (χ1n) is 9.28. The summed E-state index contributed by atoms with van der Waals surface area (Å²) in [6.07, 6.45) is 6.85. The van der Waals surface area contributed by atoms with Gasteiger partial charge in [-0.2, -0.15) is 0 Å². The van der Waals surface area contributed by atoms with E-state index in [1.54, 1.807) is 6.08 Å². The van der Waals surface area contributed by atoms with Crippen molar-refractivity contribution < 1.29 is 13.9 Å². The van der Waals surface area contributed by atoms with Gasteiger partial charge in [0, 0.05) is 23.9 Å². The van der Waals surface area contributed by atoms with Crippen LogP contribution in [0.5, 0.6) is 5.75 Å². The van der Waals surface area contributed by atoms with E-state index in [0.29, 0.717) is 12.2 Å². The van der Waals surface area contributed by atoms with Crippen molar-refractivity contribution in [1.29, 1.82) is 0 Å². The molecule has 0 saturated carbocycles. The van der Waals surface area contributed by atoms with Gasteiger partial charge >= 0.3 is 0 Å². The Morgan fingerprint density at radius 3 is 2.43 bits per heavy atom. The lowest BCUT2D eigenvalue weighted by atomic mass is 10.1. The van der Waals surface area contributed by atoms with E-state index in [2.05, 4.69) is 18.0 Å². The first kappa shape index (κ1) is 19.5. The molecule has 3 nitrogen and oxygen atoms in total. The Hall–Kier alpha value is -3.27. The number of carbonyl (C=O) groups is 1. The highest BCUT2D eigenvalue weighted by Gasteiger charge is 2.02. The van der Waals surface area contributed by atoms with E-state index >= 15 is 0 Å². The maximum atomic E-state index is 12.9. The molecule has 0 aliphatic rings.